The third-order valence-corrected chi connectivity index (χ3v) is 8.35. The number of rotatable bonds is 5. The van der Waals surface area contributed by atoms with E-state index in [2.05, 4.69) is 36.1 Å². The molecule has 1 amide bonds. The number of hydrogen-bond donors (Lipinski definition) is 0. The van der Waals surface area contributed by atoms with E-state index in [0.717, 1.165) is 32.5 Å². The molecule has 6 nitrogen and oxygen atoms in total. The third kappa shape index (κ3) is 5.00. The Morgan fingerprint density at radius 1 is 0.935 bits per heavy atom. The Bertz CT molecular complexity index is 1000. The van der Waals surface area contributed by atoms with Gasteiger partial charge in [0.05, 0.1) is 10.8 Å². The minimum Gasteiger partial charge on any atom is -0.340 e. The summed E-state index contributed by atoms with van der Waals surface area (Å²) in [6.07, 6.45) is 1.93. The highest BCUT2D eigenvalue weighted by Crippen LogP contribution is 2.23. The van der Waals surface area contributed by atoms with Crippen LogP contribution < -0.4 is 0 Å². The van der Waals surface area contributed by atoms with Crippen LogP contribution in [-0.4, -0.2) is 67.7 Å². The molecule has 2 aromatic rings. The van der Waals surface area contributed by atoms with E-state index in [0.29, 0.717) is 31.1 Å². The van der Waals surface area contributed by atoms with Crippen LogP contribution in [0.25, 0.3) is 0 Å². The number of sulfonamides is 1. The van der Waals surface area contributed by atoms with E-state index in [-0.39, 0.29) is 11.8 Å². The van der Waals surface area contributed by atoms with Gasteiger partial charge in [0, 0.05) is 39.3 Å². The monoisotopic (exact) mass is 441 g/mol. The first kappa shape index (κ1) is 22.0. The fourth-order valence-corrected chi connectivity index (χ4v) is 6.02. The normalized spacial score (nSPS) is 21.2. The second-order valence-corrected chi connectivity index (χ2v) is 10.5. The van der Waals surface area contributed by atoms with Gasteiger partial charge in [-0.2, -0.15) is 4.31 Å². The molecule has 7 heteroatoms. The van der Waals surface area contributed by atoms with Gasteiger partial charge in [0.2, 0.25) is 15.9 Å². The predicted molar refractivity (Wildman–Crippen MR) is 121 cm³/mol. The summed E-state index contributed by atoms with van der Waals surface area (Å²) in [5.74, 6) is 0.168. The molecule has 2 aliphatic rings. The number of nitrogens with zero attached hydrogens (tertiary/aromatic N) is 3. The Kier molecular flexibility index (Phi) is 6.74. The first-order valence-corrected chi connectivity index (χ1v) is 12.5. The second kappa shape index (κ2) is 9.51. The lowest BCUT2D eigenvalue weighted by Gasteiger charge is -2.38. The Morgan fingerprint density at radius 3 is 2.32 bits per heavy atom. The van der Waals surface area contributed by atoms with Gasteiger partial charge in [-0.3, -0.25) is 9.69 Å². The molecule has 0 N–H and O–H groups in total. The van der Waals surface area contributed by atoms with E-state index < -0.39 is 10.0 Å². The van der Waals surface area contributed by atoms with Gasteiger partial charge in [-0.15, -0.1) is 0 Å². The van der Waals surface area contributed by atoms with E-state index in [1.54, 1.807) is 24.3 Å². The molecule has 0 bridgehead atoms. The fraction of sp³-hybridized carbons (Fsp3) is 0.458. The number of hydrogen-bond acceptors (Lipinski definition) is 4. The van der Waals surface area contributed by atoms with Gasteiger partial charge >= 0.3 is 0 Å². The topological polar surface area (TPSA) is 60.9 Å². The Labute approximate surface area is 185 Å². The zero-order valence-corrected chi connectivity index (χ0v) is 18.9. The van der Waals surface area contributed by atoms with E-state index in [4.69, 9.17) is 0 Å². The zero-order valence-electron chi connectivity index (χ0n) is 18.1. The average molecular weight is 442 g/mol. The molecule has 1 atom stereocenters. The van der Waals surface area contributed by atoms with Crippen molar-refractivity contribution in [2.75, 3.05) is 39.3 Å². The molecule has 0 aliphatic carbocycles. The highest BCUT2D eigenvalue weighted by Gasteiger charge is 2.34. The summed E-state index contributed by atoms with van der Waals surface area (Å²) in [7, 11) is -3.50. The van der Waals surface area contributed by atoms with Crippen molar-refractivity contribution in [1.29, 1.82) is 0 Å². The molecule has 0 radical (unpaired) electrons. The number of piperidine rings is 1. The van der Waals surface area contributed by atoms with Gasteiger partial charge < -0.3 is 4.90 Å². The molecule has 0 aromatic heterocycles. The molecule has 0 spiro atoms. The molecule has 1 unspecified atom stereocenters. The summed E-state index contributed by atoms with van der Waals surface area (Å²) in [5.41, 5.74) is 2.60. The molecule has 0 saturated carbocycles. The van der Waals surface area contributed by atoms with Gasteiger partial charge in [0.15, 0.2) is 0 Å². The molecular formula is C24H31N3O3S. The molecule has 2 saturated heterocycles. The maximum Gasteiger partial charge on any atom is 0.243 e. The van der Waals surface area contributed by atoms with Crippen LogP contribution in [-0.2, 0) is 21.4 Å². The number of amides is 1. The highest BCUT2D eigenvalue weighted by molar-refractivity contribution is 7.89. The zero-order chi connectivity index (χ0) is 21.8. The highest BCUT2D eigenvalue weighted by atomic mass is 32.2. The lowest BCUT2D eigenvalue weighted by molar-refractivity contribution is -0.138. The number of benzene rings is 2. The van der Waals surface area contributed by atoms with Crippen LogP contribution in [0, 0.1) is 12.8 Å². The molecule has 2 aromatic carbocycles. The van der Waals surface area contributed by atoms with E-state index >= 15 is 0 Å². The minimum absolute atomic E-state index is 0.00458. The summed E-state index contributed by atoms with van der Waals surface area (Å²) in [4.78, 5) is 17.7. The van der Waals surface area contributed by atoms with Gasteiger partial charge in [0.25, 0.3) is 0 Å². The van der Waals surface area contributed by atoms with Crippen LogP contribution in [0.1, 0.15) is 24.0 Å². The number of carbonyl (C=O) groups is 1. The Balaban J connectivity index is 1.33. The molecule has 166 valence electrons. The maximum atomic E-state index is 13.2. The van der Waals surface area contributed by atoms with Crippen molar-refractivity contribution in [2.24, 2.45) is 5.92 Å². The standard InChI is InChI=1S/C24H31N3O3S/c1-20-8-5-6-9-21(20)18-25-13-7-10-22(19-25)24(28)26-14-16-27(17-15-26)31(29,30)23-11-3-2-4-12-23/h2-6,8-9,11-12,22H,7,10,13-19H2,1H3. The smallest absolute Gasteiger partial charge is 0.243 e. The predicted octanol–water partition coefficient (Wildman–Crippen LogP) is 2.74. The first-order valence-electron chi connectivity index (χ1n) is 11.1. The molecule has 4 rings (SSSR count). The first-order chi connectivity index (χ1) is 14.9. The molecule has 2 fully saturated rings. The van der Waals surface area contributed by atoms with Crippen molar-refractivity contribution < 1.29 is 13.2 Å². The van der Waals surface area contributed by atoms with Gasteiger partial charge in [-0.25, -0.2) is 8.42 Å². The summed E-state index contributed by atoms with van der Waals surface area (Å²) >= 11 is 0. The Hall–Kier alpha value is -2.22. The van der Waals surface area contributed by atoms with Gasteiger partial charge in [-0.1, -0.05) is 42.5 Å². The van der Waals surface area contributed by atoms with Crippen molar-refractivity contribution in [3.8, 4) is 0 Å². The van der Waals surface area contributed by atoms with Crippen LogP contribution in [0.3, 0.4) is 0 Å². The van der Waals surface area contributed by atoms with Crippen molar-refractivity contribution >= 4 is 15.9 Å². The van der Waals surface area contributed by atoms with Crippen molar-refractivity contribution in [3.05, 3.63) is 65.7 Å². The van der Waals surface area contributed by atoms with Gasteiger partial charge in [0.1, 0.15) is 0 Å². The molecule has 31 heavy (non-hydrogen) atoms. The van der Waals surface area contributed by atoms with Crippen LogP contribution in [0.4, 0.5) is 0 Å². The number of aryl methyl sites for hydroxylation is 1. The van der Waals surface area contributed by atoms with Crippen LogP contribution in [0.15, 0.2) is 59.5 Å². The lowest BCUT2D eigenvalue weighted by Crippen LogP contribution is -2.53. The Morgan fingerprint density at radius 2 is 1.61 bits per heavy atom. The maximum absolute atomic E-state index is 13.2. The summed E-state index contributed by atoms with van der Waals surface area (Å²) in [6.45, 7) is 6.41. The fourth-order valence-electron chi connectivity index (χ4n) is 4.58. The quantitative estimate of drug-likeness (QED) is 0.716. The average Bonchev–Trinajstić information content (AvgIpc) is 2.81. The number of likely N-dealkylation sites (tertiary alicyclic amines) is 1. The molecule has 2 aliphatic heterocycles. The molecular weight excluding hydrogens is 410 g/mol. The van der Waals surface area contributed by atoms with Gasteiger partial charge in [-0.05, 0) is 49.6 Å². The van der Waals surface area contributed by atoms with Crippen molar-refractivity contribution in [2.45, 2.75) is 31.2 Å². The van der Waals surface area contributed by atoms with Crippen LogP contribution in [0.2, 0.25) is 0 Å². The lowest BCUT2D eigenvalue weighted by atomic mass is 9.95. The minimum atomic E-state index is -3.50. The number of piperazine rings is 1. The second-order valence-electron chi connectivity index (χ2n) is 8.54. The van der Waals surface area contributed by atoms with Crippen LogP contribution in [0.5, 0.6) is 0 Å². The SMILES string of the molecule is Cc1ccccc1CN1CCCC(C(=O)N2CCN(S(=O)(=O)c3ccccc3)CC2)C1. The van der Waals surface area contributed by atoms with Crippen molar-refractivity contribution in [1.82, 2.24) is 14.1 Å². The van der Waals surface area contributed by atoms with E-state index in [9.17, 15) is 13.2 Å². The summed E-state index contributed by atoms with van der Waals surface area (Å²) < 4.78 is 27.1. The van der Waals surface area contributed by atoms with E-state index in [1.807, 2.05) is 11.0 Å². The third-order valence-electron chi connectivity index (χ3n) is 6.44. The number of carbonyl (C=O) groups excluding carboxylic acids is 1. The van der Waals surface area contributed by atoms with Crippen LogP contribution >= 0.6 is 0 Å². The summed E-state index contributed by atoms with van der Waals surface area (Å²) in [5, 5.41) is 0. The largest absolute Gasteiger partial charge is 0.340 e. The van der Waals surface area contributed by atoms with E-state index in [1.165, 1.54) is 15.4 Å². The van der Waals surface area contributed by atoms with Crippen molar-refractivity contribution in [3.63, 3.8) is 0 Å². The summed E-state index contributed by atoms with van der Waals surface area (Å²) in [6, 6.07) is 16.9. The molecule has 2 heterocycles.